The van der Waals surface area contributed by atoms with Gasteiger partial charge in [-0.1, -0.05) is 12.1 Å². The van der Waals surface area contributed by atoms with Crippen molar-refractivity contribution in [3.8, 4) is 0 Å². The molecule has 2 N–H and O–H groups in total. The number of rotatable bonds is 5. The molecule has 2 amide bonds. The van der Waals surface area contributed by atoms with Crippen molar-refractivity contribution in [3.05, 3.63) is 42.2 Å². The lowest BCUT2D eigenvalue weighted by Gasteiger charge is -2.35. The van der Waals surface area contributed by atoms with Crippen LogP contribution in [-0.2, 0) is 27.9 Å². The monoisotopic (exact) mass is 439 g/mol. The molecule has 2 aliphatic heterocycles. The van der Waals surface area contributed by atoms with Crippen molar-refractivity contribution in [2.45, 2.75) is 25.5 Å². The number of nitrogens with one attached hydrogen (secondary N) is 2. The molecule has 10 nitrogen and oxygen atoms in total. The van der Waals surface area contributed by atoms with Crippen LogP contribution in [0.5, 0.6) is 0 Å². The number of amides is 2. The van der Waals surface area contributed by atoms with Crippen molar-refractivity contribution in [1.82, 2.24) is 20.0 Å². The Morgan fingerprint density at radius 3 is 2.91 bits per heavy atom. The van der Waals surface area contributed by atoms with Crippen LogP contribution < -0.4 is 15.5 Å². The van der Waals surface area contributed by atoms with Gasteiger partial charge in [0.05, 0.1) is 11.9 Å². The Kier molecular flexibility index (Phi) is 6.69. The average molecular weight is 440 g/mol. The van der Waals surface area contributed by atoms with Gasteiger partial charge in [0, 0.05) is 52.2 Å². The molecule has 1 atom stereocenters. The summed E-state index contributed by atoms with van der Waals surface area (Å²) in [6.07, 6.45) is 4.85. The fraction of sp³-hybridized carbons (Fsp3) is 0.455. The van der Waals surface area contributed by atoms with E-state index < -0.39 is 0 Å². The summed E-state index contributed by atoms with van der Waals surface area (Å²) in [6.45, 7) is 2.63. The predicted octanol–water partition coefficient (Wildman–Crippen LogP) is 0.962. The number of benzene rings is 1. The summed E-state index contributed by atoms with van der Waals surface area (Å²) in [5, 5.41) is 10.4. The zero-order valence-electron chi connectivity index (χ0n) is 18.5. The minimum absolute atomic E-state index is 0.00559. The van der Waals surface area contributed by atoms with Crippen LogP contribution in [0, 0.1) is 0 Å². The van der Waals surface area contributed by atoms with Crippen molar-refractivity contribution >= 4 is 29.1 Å². The number of aliphatic imine (C=N–C) groups is 1. The molecule has 1 unspecified atom stereocenters. The van der Waals surface area contributed by atoms with E-state index in [0.717, 1.165) is 29.8 Å². The Balaban J connectivity index is 1.32. The molecular weight excluding hydrogens is 410 g/mol. The third kappa shape index (κ3) is 5.08. The molecule has 2 saturated heterocycles. The highest BCUT2D eigenvalue weighted by molar-refractivity contribution is 5.98. The predicted molar refractivity (Wildman–Crippen MR) is 121 cm³/mol. The smallest absolute Gasteiger partial charge is 0.253 e. The van der Waals surface area contributed by atoms with E-state index in [2.05, 4.69) is 20.7 Å². The van der Waals surface area contributed by atoms with E-state index in [4.69, 9.17) is 4.74 Å². The van der Waals surface area contributed by atoms with Gasteiger partial charge in [0.25, 0.3) is 5.91 Å². The topological polar surface area (TPSA) is 104 Å². The Morgan fingerprint density at radius 2 is 2.22 bits per heavy atom. The minimum Gasteiger partial charge on any atom is -0.368 e. The SMILES string of the molecule is CN=C(NCc1cccc(NC(=O)C2CCCO2)c1)N1CCN(c2cnn(C)c2)C(=O)C1. The molecule has 4 rings (SSSR count). The third-order valence-corrected chi connectivity index (χ3v) is 5.60. The number of aryl methyl sites for hydroxylation is 1. The van der Waals surface area contributed by atoms with Gasteiger partial charge in [0.1, 0.15) is 12.6 Å². The van der Waals surface area contributed by atoms with E-state index in [0.29, 0.717) is 32.2 Å². The fourth-order valence-corrected chi connectivity index (χ4v) is 3.95. The lowest BCUT2D eigenvalue weighted by Crippen LogP contribution is -2.55. The molecule has 1 aromatic carbocycles. The molecule has 3 heterocycles. The van der Waals surface area contributed by atoms with Gasteiger partial charge in [0.2, 0.25) is 5.91 Å². The van der Waals surface area contributed by atoms with E-state index in [-0.39, 0.29) is 24.5 Å². The quantitative estimate of drug-likeness (QED) is 0.531. The van der Waals surface area contributed by atoms with Crippen LogP contribution in [0.3, 0.4) is 0 Å². The highest BCUT2D eigenvalue weighted by Gasteiger charge is 2.27. The number of carbonyl (C=O) groups excluding carboxylic acids is 2. The Bertz CT molecular complexity index is 997. The Morgan fingerprint density at radius 1 is 1.34 bits per heavy atom. The largest absolute Gasteiger partial charge is 0.368 e. The lowest BCUT2D eigenvalue weighted by atomic mass is 10.2. The number of guanidine groups is 1. The highest BCUT2D eigenvalue weighted by atomic mass is 16.5. The first kappa shape index (κ1) is 21.8. The van der Waals surface area contributed by atoms with Crippen LogP contribution in [0.25, 0.3) is 0 Å². The Labute approximate surface area is 187 Å². The molecule has 0 bridgehead atoms. The minimum atomic E-state index is -0.363. The van der Waals surface area contributed by atoms with Crippen LogP contribution in [0.1, 0.15) is 18.4 Å². The number of anilines is 2. The summed E-state index contributed by atoms with van der Waals surface area (Å²) in [7, 11) is 3.54. The number of aromatic nitrogens is 2. The van der Waals surface area contributed by atoms with Gasteiger partial charge in [-0.05, 0) is 30.5 Å². The van der Waals surface area contributed by atoms with Crippen molar-refractivity contribution in [2.75, 3.05) is 43.5 Å². The van der Waals surface area contributed by atoms with Gasteiger partial charge in [-0.15, -0.1) is 0 Å². The summed E-state index contributed by atoms with van der Waals surface area (Å²) < 4.78 is 7.13. The van der Waals surface area contributed by atoms with Crippen molar-refractivity contribution < 1.29 is 14.3 Å². The summed E-state index contributed by atoms with van der Waals surface area (Å²) in [6, 6.07) is 7.68. The summed E-state index contributed by atoms with van der Waals surface area (Å²) in [5.74, 6) is 0.567. The number of piperazine rings is 1. The summed E-state index contributed by atoms with van der Waals surface area (Å²) in [5.41, 5.74) is 2.54. The molecule has 2 aliphatic rings. The second kappa shape index (κ2) is 9.82. The van der Waals surface area contributed by atoms with Crippen molar-refractivity contribution in [3.63, 3.8) is 0 Å². The molecule has 0 spiro atoms. The van der Waals surface area contributed by atoms with Crippen molar-refractivity contribution in [2.24, 2.45) is 12.0 Å². The van der Waals surface area contributed by atoms with E-state index in [1.54, 1.807) is 22.8 Å². The van der Waals surface area contributed by atoms with E-state index in [1.165, 1.54) is 0 Å². The molecule has 1 aromatic heterocycles. The lowest BCUT2D eigenvalue weighted by molar-refractivity contribution is -0.124. The summed E-state index contributed by atoms with van der Waals surface area (Å²) in [4.78, 5) is 33.0. The first-order valence-electron chi connectivity index (χ1n) is 10.8. The normalized spacial score (nSPS) is 19.4. The highest BCUT2D eigenvalue weighted by Crippen LogP contribution is 2.18. The average Bonchev–Trinajstić information content (AvgIpc) is 3.47. The van der Waals surface area contributed by atoms with Crippen LogP contribution >= 0.6 is 0 Å². The maximum atomic E-state index is 12.7. The second-order valence-electron chi connectivity index (χ2n) is 7.93. The molecular formula is C22H29N7O3. The zero-order chi connectivity index (χ0) is 22.5. The van der Waals surface area contributed by atoms with Gasteiger partial charge in [-0.25, -0.2) is 0 Å². The van der Waals surface area contributed by atoms with Crippen LogP contribution in [0.4, 0.5) is 11.4 Å². The van der Waals surface area contributed by atoms with E-state index >= 15 is 0 Å². The second-order valence-corrected chi connectivity index (χ2v) is 7.93. The number of hydrogen-bond acceptors (Lipinski definition) is 5. The first-order valence-corrected chi connectivity index (χ1v) is 10.8. The van der Waals surface area contributed by atoms with Gasteiger partial charge >= 0.3 is 0 Å². The molecule has 2 aromatic rings. The number of ether oxygens (including phenoxy) is 1. The van der Waals surface area contributed by atoms with Crippen molar-refractivity contribution in [1.29, 1.82) is 0 Å². The standard InChI is InChI=1S/C22H29N7O3/c1-23-22(28-8-9-29(20(30)15-28)18-13-25-27(2)14-18)24-12-16-5-3-6-17(11-16)26-21(31)19-7-4-10-32-19/h3,5-6,11,13-14,19H,4,7-10,12,15H2,1-2H3,(H,23,24)(H,26,31). The van der Waals surface area contributed by atoms with Crippen LogP contribution in [0.15, 0.2) is 41.7 Å². The third-order valence-electron chi connectivity index (χ3n) is 5.60. The van der Waals surface area contributed by atoms with E-state index in [9.17, 15) is 9.59 Å². The molecule has 0 saturated carbocycles. The van der Waals surface area contributed by atoms with Crippen LogP contribution in [0.2, 0.25) is 0 Å². The number of carbonyl (C=O) groups is 2. The van der Waals surface area contributed by atoms with Gasteiger partial charge < -0.3 is 25.2 Å². The zero-order valence-corrected chi connectivity index (χ0v) is 18.5. The molecule has 2 fully saturated rings. The molecule has 10 heteroatoms. The van der Waals surface area contributed by atoms with Gasteiger partial charge in [-0.3, -0.25) is 19.3 Å². The number of nitrogens with zero attached hydrogens (tertiary/aromatic N) is 5. The maximum Gasteiger partial charge on any atom is 0.253 e. The summed E-state index contributed by atoms with van der Waals surface area (Å²) >= 11 is 0. The molecule has 32 heavy (non-hydrogen) atoms. The van der Waals surface area contributed by atoms with Gasteiger partial charge in [-0.2, -0.15) is 5.10 Å². The fourth-order valence-electron chi connectivity index (χ4n) is 3.95. The van der Waals surface area contributed by atoms with Crippen LogP contribution in [-0.4, -0.2) is 71.8 Å². The maximum absolute atomic E-state index is 12.7. The Hall–Kier alpha value is -3.40. The molecule has 0 radical (unpaired) electrons. The molecule has 170 valence electrons. The van der Waals surface area contributed by atoms with E-state index in [1.807, 2.05) is 42.4 Å². The van der Waals surface area contributed by atoms with Gasteiger partial charge in [0.15, 0.2) is 5.96 Å². The number of hydrogen-bond donors (Lipinski definition) is 2. The first-order chi connectivity index (χ1) is 15.5. The molecule has 0 aliphatic carbocycles.